The van der Waals surface area contributed by atoms with Crippen molar-refractivity contribution in [2.75, 3.05) is 11.4 Å². The zero-order valence-electron chi connectivity index (χ0n) is 14.2. The Kier molecular flexibility index (Phi) is 3.93. The zero-order valence-corrected chi connectivity index (χ0v) is 14.2. The molecule has 3 rings (SSSR count). The van der Waals surface area contributed by atoms with Crippen molar-refractivity contribution < 1.29 is 23.6 Å². The molecular formula is C17H20FN3O4. The molecule has 2 aliphatic heterocycles. The van der Waals surface area contributed by atoms with Crippen molar-refractivity contribution in [3.8, 4) is 0 Å². The van der Waals surface area contributed by atoms with Crippen LogP contribution in [0, 0.1) is 11.3 Å². The highest BCUT2D eigenvalue weighted by molar-refractivity contribution is 6.03. The maximum absolute atomic E-state index is 14.2. The minimum absolute atomic E-state index is 0.0203. The van der Waals surface area contributed by atoms with E-state index in [4.69, 9.17) is 10.5 Å². The van der Waals surface area contributed by atoms with Gasteiger partial charge in [-0.25, -0.2) is 4.79 Å². The number of nitrogens with zero attached hydrogens (tertiary/aromatic N) is 2. The number of carbonyl (C=O) groups excluding carboxylic acids is 3. The third-order valence-electron chi connectivity index (χ3n) is 4.83. The van der Waals surface area contributed by atoms with Crippen LogP contribution < -0.4 is 10.6 Å². The molecule has 1 aromatic rings. The number of cyclic esters (lactones) is 1. The van der Waals surface area contributed by atoms with Crippen molar-refractivity contribution in [2.24, 2.45) is 17.1 Å². The van der Waals surface area contributed by atoms with Gasteiger partial charge >= 0.3 is 6.09 Å². The molecule has 0 saturated carbocycles. The minimum atomic E-state index is -1.15. The molecule has 2 heterocycles. The number of β-lactam (4-membered cyclic amide) rings is 1. The Morgan fingerprint density at radius 2 is 1.92 bits per heavy atom. The lowest BCUT2D eigenvalue weighted by molar-refractivity contribution is -0.132. The van der Waals surface area contributed by atoms with E-state index in [1.165, 1.54) is 6.92 Å². The van der Waals surface area contributed by atoms with Gasteiger partial charge in [0.15, 0.2) is 0 Å². The van der Waals surface area contributed by atoms with Gasteiger partial charge in [-0.05, 0) is 38.5 Å². The second-order valence-electron chi connectivity index (χ2n) is 7.16. The van der Waals surface area contributed by atoms with Gasteiger partial charge in [-0.2, -0.15) is 0 Å². The Bertz CT molecular complexity index is 734. The van der Waals surface area contributed by atoms with Crippen molar-refractivity contribution in [3.63, 3.8) is 0 Å². The first-order valence-electron chi connectivity index (χ1n) is 8.00. The number of ether oxygens (including phenoxy) is 1. The molecule has 2 N–H and O–H groups in total. The van der Waals surface area contributed by atoms with Gasteiger partial charge in [0.2, 0.25) is 11.8 Å². The van der Waals surface area contributed by atoms with E-state index in [1.54, 1.807) is 29.2 Å². The van der Waals surface area contributed by atoms with E-state index in [0.717, 1.165) is 0 Å². The summed E-state index contributed by atoms with van der Waals surface area (Å²) in [6.07, 6.45) is -2.16. The number of rotatable bonds is 4. The molecule has 3 atom stereocenters. The summed E-state index contributed by atoms with van der Waals surface area (Å²) in [4.78, 5) is 36.7. The van der Waals surface area contributed by atoms with E-state index >= 15 is 0 Å². The molecule has 134 valence electrons. The van der Waals surface area contributed by atoms with Gasteiger partial charge in [-0.15, -0.1) is 5.12 Å². The van der Waals surface area contributed by atoms with Crippen molar-refractivity contribution in [1.29, 1.82) is 0 Å². The van der Waals surface area contributed by atoms with E-state index in [2.05, 4.69) is 0 Å². The molecule has 0 spiro atoms. The summed E-state index contributed by atoms with van der Waals surface area (Å²) in [5.41, 5.74) is 6.05. The minimum Gasteiger partial charge on any atom is -0.441 e. The summed E-state index contributed by atoms with van der Waals surface area (Å²) in [5.74, 6) is -1.50. The first-order valence-corrected chi connectivity index (χ1v) is 8.00. The topological polar surface area (TPSA) is 92.9 Å². The molecule has 1 aromatic carbocycles. The molecule has 0 radical (unpaired) electrons. The molecule has 2 fully saturated rings. The molecule has 2 saturated heterocycles. The first kappa shape index (κ1) is 17.2. The molecule has 2 aliphatic rings. The van der Waals surface area contributed by atoms with Gasteiger partial charge in [0.05, 0.1) is 11.3 Å². The van der Waals surface area contributed by atoms with E-state index in [1.807, 2.05) is 13.8 Å². The van der Waals surface area contributed by atoms with E-state index in [9.17, 15) is 18.9 Å². The van der Waals surface area contributed by atoms with Crippen LogP contribution in [0.1, 0.15) is 32.4 Å². The lowest BCUT2D eigenvalue weighted by Gasteiger charge is -2.44. The number of amides is 3. The Morgan fingerprint density at radius 3 is 2.40 bits per heavy atom. The SMILES string of the molecule is CC(C(N)=O)C1OC(=O)N(F)C1c1ccc(N2CC(C)(C)C2=O)cc1. The molecule has 3 amide bonds. The van der Waals surface area contributed by atoms with Gasteiger partial charge in [0.1, 0.15) is 12.1 Å². The second kappa shape index (κ2) is 5.72. The van der Waals surface area contributed by atoms with Gasteiger partial charge in [-0.3, -0.25) is 9.59 Å². The Balaban J connectivity index is 1.84. The van der Waals surface area contributed by atoms with Crippen molar-refractivity contribution in [3.05, 3.63) is 29.8 Å². The zero-order chi connectivity index (χ0) is 18.5. The number of nitrogens with two attached hydrogens (primary N) is 1. The number of hydrogen-bond acceptors (Lipinski definition) is 4. The number of anilines is 1. The third-order valence-corrected chi connectivity index (χ3v) is 4.83. The fourth-order valence-corrected chi connectivity index (χ4v) is 3.20. The Hall–Kier alpha value is -2.64. The molecule has 0 bridgehead atoms. The van der Waals surface area contributed by atoms with Gasteiger partial charge in [0.25, 0.3) is 0 Å². The number of benzene rings is 1. The monoisotopic (exact) mass is 349 g/mol. The average molecular weight is 349 g/mol. The molecule has 7 nitrogen and oxygen atoms in total. The molecule has 25 heavy (non-hydrogen) atoms. The third kappa shape index (κ3) is 2.71. The van der Waals surface area contributed by atoms with Crippen LogP contribution in [0.5, 0.6) is 0 Å². The number of primary amides is 1. The maximum Gasteiger partial charge on any atom is 0.439 e. The fourth-order valence-electron chi connectivity index (χ4n) is 3.20. The Morgan fingerprint density at radius 1 is 1.32 bits per heavy atom. The first-order chi connectivity index (χ1) is 11.6. The lowest BCUT2D eigenvalue weighted by atomic mass is 9.82. The standard InChI is InChI=1S/C17H20FN3O4/c1-9(14(19)22)13-12(21(18)16(24)25-13)10-4-6-11(7-5-10)20-8-17(2,3)15(20)23/h4-7,9,12-13H,8H2,1-3H3,(H2,19,22). The lowest BCUT2D eigenvalue weighted by Crippen LogP contribution is -2.58. The molecule has 0 aromatic heterocycles. The van der Waals surface area contributed by atoms with Crippen molar-refractivity contribution in [1.82, 2.24) is 5.12 Å². The summed E-state index contributed by atoms with van der Waals surface area (Å²) in [6, 6.07) is 5.55. The highest BCUT2D eigenvalue weighted by Gasteiger charge is 2.48. The van der Waals surface area contributed by atoms with Crippen LogP contribution in [0.25, 0.3) is 0 Å². The second-order valence-corrected chi connectivity index (χ2v) is 7.16. The quantitative estimate of drug-likeness (QED) is 0.664. The van der Waals surface area contributed by atoms with Gasteiger partial charge in [-0.1, -0.05) is 16.6 Å². The highest BCUT2D eigenvalue weighted by Crippen LogP contribution is 2.39. The Labute approximate surface area is 144 Å². The number of hydrogen-bond donors (Lipinski definition) is 1. The smallest absolute Gasteiger partial charge is 0.439 e. The van der Waals surface area contributed by atoms with Crippen LogP contribution in [0.3, 0.4) is 0 Å². The van der Waals surface area contributed by atoms with Crippen LogP contribution in [-0.4, -0.2) is 35.7 Å². The van der Waals surface area contributed by atoms with Crippen molar-refractivity contribution >= 4 is 23.6 Å². The molecule has 0 aliphatic carbocycles. The van der Waals surface area contributed by atoms with Gasteiger partial charge in [0, 0.05) is 12.2 Å². The van der Waals surface area contributed by atoms with E-state index in [0.29, 0.717) is 17.8 Å². The van der Waals surface area contributed by atoms with Crippen LogP contribution in [0.2, 0.25) is 0 Å². The summed E-state index contributed by atoms with van der Waals surface area (Å²) >= 11 is 0. The largest absolute Gasteiger partial charge is 0.441 e. The normalized spacial score (nSPS) is 26.2. The van der Waals surface area contributed by atoms with Crippen LogP contribution in [-0.2, 0) is 14.3 Å². The number of halogens is 1. The summed E-state index contributed by atoms with van der Waals surface area (Å²) in [5, 5.41) is -0.0307. The predicted octanol–water partition coefficient (Wildman–Crippen LogP) is 1.93. The van der Waals surface area contributed by atoms with Crippen LogP contribution >= 0.6 is 0 Å². The maximum atomic E-state index is 14.2. The fraction of sp³-hybridized carbons (Fsp3) is 0.471. The average Bonchev–Trinajstić information content (AvgIpc) is 2.87. The number of carbonyl (C=O) groups is 3. The van der Waals surface area contributed by atoms with E-state index < -0.39 is 30.1 Å². The molecule has 3 unspecified atom stereocenters. The van der Waals surface area contributed by atoms with Crippen molar-refractivity contribution in [2.45, 2.75) is 32.9 Å². The van der Waals surface area contributed by atoms with Crippen LogP contribution in [0.15, 0.2) is 24.3 Å². The van der Waals surface area contributed by atoms with Crippen LogP contribution in [0.4, 0.5) is 15.0 Å². The van der Waals surface area contributed by atoms with Gasteiger partial charge < -0.3 is 15.4 Å². The highest BCUT2D eigenvalue weighted by atomic mass is 19.2. The summed E-state index contributed by atoms with van der Waals surface area (Å²) < 4.78 is 19.1. The predicted molar refractivity (Wildman–Crippen MR) is 86.9 cm³/mol. The molecule has 8 heteroatoms. The molecular weight excluding hydrogens is 329 g/mol. The summed E-state index contributed by atoms with van der Waals surface area (Å²) in [7, 11) is 0. The summed E-state index contributed by atoms with van der Waals surface area (Å²) in [6.45, 7) is 5.84. The van der Waals surface area contributed by atoms with E-state index in [-0.39, 0.29) is 16.4 Å².